The molecule has 0 aliphatic carbocycles. The molecule has 0 saturated heterocycles. The Bertz CT molecular complexity index is 274. The van der Waals surface area contributed by atoms with Crippen molar-refractivity contribution >= 4 is 0 Å². The number of ether oxygens (including phenoxy) is 1. The molecular weight excluding hydrogens is 188 g/mol. The second-order valence-electron chi connectivity index (χ2n) is 3.08. The third-order valence-corrected chi connectivity index (χ3v) is 2.03. The standard InChI is InChI=1S/C10H13F2NO/c1-7(6-13)8-2-4-9(5-3-8)14-10(11)12/h2-5,7,10H,6,13H2,1H3. The van der Waals surface area contributed by atoms with Crippen LogP contribution in [-0.2, 0) is 0 Å². The minimum Gasteiger partial charge on any atom is -0.435 e. The molecule has 1 aromatic rings. The second-order valence-corrected chi connectivity index (χ2v) is 3.08. The van der Waals surface area contributed by atoms with Crippen LogP contribution < -0.4 is 10.5 Å². The van der Waals surface area contributed by atoms with Crippen LogP contribution in [0.3, 0.4) is 0 Å². The van der Waals surface area contributed by atoms with Crippen LogP contribution in [0.1, 0.15) is 18.4 Å². The average Bonchev–Trinajstić information content (AvgIpc) is 2.17. The fourth-order valence-electron chi connectivity index (χ4n) is 1.11. The molecule has 14 heavy (non-hydrogen) atoms. The number of benzene rings is 1. The number of halogens is 2. The molecule has 0 bridgehead atoms. The summed E-state index contributed by atoms with van der Waals surface area (Å²) < 4.78 is 27.8. The second kappa shape index (κ2) is 4.91. The smallest absolute Gasteiger partial charge is 0.387 e. The number of hydrogen-bond acceptors (Lipinski definition) is 2. The van der Waals surface area contributed by atoms with E-state index in [1.54, 1.807) is 12.1 Å². The van der Waals surface area contributed by atoms with Crippen LogP contribution in [0.5, 0.6) is 5.75 Å². The lowest BCUT2D eigenvalue weighted by Crippen LogP contribution is -2.08. The van der Waals surface area contributed by atoms with Crippen molar-refractivity contribution in [1.29, 1.82) is 0 Å². The molecule has 1 aromatic carbocycles. The Labute approximate surface area is 81.7 Å². The van der Waals surface area contributed by atoms with E-state index in [-0.39, 0.29) is 11.7 Å². The van der Waals surface area contributed by atoms with E-state index in [2.05, 4.69) is 4.74 Å². The quantitative estimate of drug-likeness (QED) is 0.811. The van der Waals surface area contributed by atoms with Crippen LogP contribution in [0.2, 0.25) is 0 Å². The molecular formula is C10H13F2NO. The zero-order valence-corrected chi connectivity index (χ0v) is 7.91. The normalized spacial score (nSPS) is 12.9. The van der Waals surface area contributed by atoms with E-state index >= 15 is 0 Å². The van der Waals surface area contributed by atoms with Gasteiger partial charge in [-0.15, -0.1) is 0 Å². The number of nitrogens with two attached hydrogens (primary N) is 1. The monoisotopic (exact) mass is 201 g/mol. The summed E-state index contributed by atoms with van der Waals surface area (Å²) in [7, 11) is 0. The first-order valence-electron chi connectivity index (χ1n) is 4.38. The van der Waals surface area contributed by atoms with Crippen molar-refractivity contribution in [1.82, 2.24) is 0 Å². The molecule has 2 N–H and O–H groups in total. The Morgan fingerprint density at radius 1 is 1.29 bits per heavy atom. The molecule has 1 atom stereocenters. The molecule has 1 unspecified atom stereocenters. The van der Waals surface area contributed by atoms with E-state index in [4.69, 9.17) is 5.73 Å². The fourth-order valence-corrected chi connectivity index (χ4v) is 1.11. The van der Waals surface area contributed by atoms with Gasteiger partial charge in [-0.05, 0) is 30.2 Å². The largest absolute Gasteiger partial charge is 0.435 e. The predicted octanol–water partition coefficient (Wildman–Crippen LogP) is 2.35. The van der Waals surface area contributed by atoms with Gasteiger partial charge in [0.05, 0.1) is 0 Å². The Balaban J connectivity index is 2.68. The molecule has 2 nitrogen and oxygen atoms in total. The maximum absolute atomic E-state index is 11.8. The van der Waals surface area contributed by atoms with E-state index in [9.17, 15) is 8.78 Å². The first-order chi connectivity index (χ1) is 6.63. The Kier molecular flexibility index (Phi) is 3.83. The van der Waals surface area contributed by atoms with Gasteiger partial charge in [0.1, 0.15) is 5.75 Å². The summed E-state index contributed by atoms with van der Waals surface area (Å²) in [6, 6.07) is 6.53. The Morgan fingerprint density at radius 3 is 2.29 bits per heavy atom. The number of hydrogen-bond donors (Lipinski definition) is 1. The van der Waals surface area contributed by atoms with Crippen LogP contribution in [0, 0.1) is 0 Å². The fraction of sp³-hybridized carbons (Fsp3) is 0.400. The summed E-state index contributed by atoms with van der Waals surface area (Å²) in [5, 5.41) is 0. The molecule has 78 valence electrons. The lowest BCUT2D eigenvalue weighted by Gasteiger charge is -2.09. The number of alkyl halides is 2. The van der Waals surface area contributed by atoms with E-state index in [1.165, 1.54) is 12.1 Å². The molecule has 0 fully saturated rings. The molecule has 0 radical (unpaired) electrons. The minimum atomic E-state index is -2.77. The Hall–Kier alpha value is -1.16. The third kappa shape index (κ3) is 2.96. The van der Waals surface area contributed by atoms with Gasteiger partial charge in [-0.1, -0.05) is 19.1 Å². The molecule has 0 spiro atoms. The summed E-state index contributed by atoms with van der Waals surface area (Å²) >= 11 is 0. The van der Waals surface area contributed by atoms with E-state index < -0.39 is 6.61 Å². The van der Waals surface area contributed by atoms with Gasteiger partial charge in [-0.2, -0.15) is 8.78 Å². The van der Waals surface area contributed by atoms with Gasteiger partial charge in [0.15, 0.2) is 0 Å². The maximum Gasteiger partial charge on any atom is 0.387 e. The average molecular weight is 201 g/mol. The summed E-state index contributed by atoms with van der Waals surface area (Å²) in [6.45, 7) is -0.259. The van der Waals surface area contributed by atoms with Crippen molar-refractivity contribution in [2.75, 3.05) is 6.54 Å². The van der Waals surface area contributed by atoms with Gasteiger partial charge in [0.25, 0.3) is 0 Å². The highest BCUT2D eigenvalue weighted by Crippen LogP contribution is 2.19. The SMILES string of the molecule is CC(CN)c1ccc(OC(F)F)cc1. The highest BCUT2D eigenvalue weighted by atomic mass is 19.3. The first kappa shape index (κ1) is 10.9. The van der Waals surface area contributed by atoms with Crippen LogP contribution in [0.25, 0.3) is 0 Å². The zero-order valence-electron chi connectivity index (χ0n) is 7.91. The number of rotatable bonds is 4. The van der Waals surface area contributed by atoms with Crippen molar-refractivity contribution in [3.05, 3.63) is 29.8 Å². The van der Waals surface area contributed by atoms with Crippen molar-refractivity contribution < 1.29 is 13.5 Å². The highest BCUT2D eigenvalue weighted by Gasteiger charge is 2.06. The van der Waals surface area contributed by atoms with E-state index in [0.717, 1.165) is 5.56 Å². The van der Waals surface area contributed by atoms with Gasteiger partial charge >= 0.3 is 6.61 Å². The van der Waals surface area contributed by atoms with Crippen molar-refractivity contribution in [2.24, 2.45) is 5.73 Å². The molecule has 0 saturated carbocycles. The van der Waals surface area contributed by atoms with Crippen LogP contribution in [-0.4, -0.2) is 13.2 Å². The molecule has 1 rings (SSSR count). The topological polar surface area (TPSA) is 35.2 Å². The zero-order chi connectivity index (χ0) is 10.6. The van der Waals surface area contributed by atoms with Gasteiger partial charge in [-0.25, -0.2) is 0 Å². The predicted molar refractivity (Wildman–Crippen MR) is 50.5 cm³/mol. The summed E-state index contributed by atoms with van der Waals surface area (Å²) in [5.41, 5.74) is 6.49. The van der Waals surface area contributed by atoms with Crippen LogP contribution in [0.15, 0.2) is 24.3 Å². The molecule has 0 aliphatic heterocycles. The lowest BCUT2D eigenvalue weighted by molar-refractivity contribution is -0.0498. The highest BCUT2D eigenvalue weighted by molar-refractivity contribution is 5.29. The van der Waals surface area contributed by atoms with Crippen LogP contribution in [0.4, 0.5) is 8.78 Å². The van der Waals surface area contributed by atoms with Gasteiger partial charge in [0.2, 0.25) is 0 Å². The molecule has 4 heteroatoms. The van der Waals surface area contributed by atoms with Crippen LogP contribution >= 0.6 is 0 Å². The maximum atomic E-state index is 11.8. The van der Waals surface area contributed by atoms with Crippen molar-refractivity contribution in [3.63, 3.8) is 0 Å². The van der Waals surface area contributed by atoms with Crippen molar-refractivity contribution in [3.8, 4) is 5.75 Å². The third-order valence-electron chi connectivity index (χ3n) is 2.03. The van der Waals surface area contributed by atoms with Gasteiger partial charge < -0.3 is 10.5 Å². The summed E-state index contributed by atoms with van der Waals surface area (Å²) in [4.78, 5) is 0. The molecule has 0 aromatic heterocycles. The summed E-state index contributed by atoms with van der Waals surface area (Å²) in [5.74, 6) is 0.406. The minimum absolute atomic E-state index is 0.174. The Morgan fingerprint density at radius 2 is 1.86 bits per heavy atom. The van der Waals surface area contributed by atoms with E-state index in [1.807, 2.05) is 6.92 Å². The van der Waals surface area contributed by atoms with Gasteiger partial charge in [-0.3, -0.25) is 0 Å². The van der Waals surface area contributed by atoms with E-state index in [0.29, 0.717) is 6.54 Å². The summed E-state index contributed by atoms with van der Waals surface area (Å²) in [6.07, 6.45) is 0. The molecule has 0 heterocycles. The van der Waals surface area contributed by atoms with Crippen molar-refractivity contribution in [2.45, 2.75) is 19.5 Å². The lowest BCUT2D eigenvalue weighted by atomic mass is 10.0. The first-order valence-corrected chi connectivity index (χ1v) is 4.38. The molecule has 0 amide bonds. The molecule has 0 aliphatic rings. The van der Waals surface area contributed by atoms with Gasteiger partial charge in [0, 0.05) is 0 Å².